The number of piperidine rings is 1. The van der Waals surface area contributed by atoms with Crippen LogP contribution in [0.4, 0.5) is 5.69 Å². The van der Waals surface area contributed by atoms with Gasteiger partial charge in [-0.1, -0.05) is 36.7 Å². The first-order chi connectivity index (χ1) is 12.9. The van der Waals surface area contributed by atoms with Crippen LogP contribution in [-0.4, -0.2) is 31.7 Å². The number of para-hydroxylation sites is 1. The molecule has 144 valence electrons. The van der Waals surface area contributed by atoms with Crippen molar-refractivity contribution < 1.29 is 13.2 Å². The molecule has 0 spiro atoms. The lowest BCUT2D eigenvalue weighted by atomic mass is 9.98. The van der Waals surface area contributed by atoms with E-state index in [9.17, 15) is 13.2 Å². The predicted octanol–water partition coefficient (Wildman–Crippen LogP) is 3.94. The molecule has 7 heteroatoms. The molecule has 0 bridgehead atoms. The van der Waals surface area contributed by atoms with E-state index in [0.29, 0.717) is 24.4 Å². The summed E-state index contributed by atoms with van der Waals surface area (Å²) in [6, 6.07) is 13.8. The molecule has 1 atom stereocenters. The molecular formula is C20H23ClN2O3S. The first kappa shape index (κ1) is 19.9. The summed E-state index contributed by atoms with van der Waals surface area (Å²) in [4.78, 5) is 12.9. The summed E-state index contributed by atoms with van der Waals surface area (Å²) >= 11 is 5.85. The van der Waals surface area contributed by atoms with E-state index in [1.54, 1.807) is 12.1 Å². The van der Waals surface area contributed by atoms with Crippen LogP contribution in [0.2, 0.25) is 5.02 Å². The van der Waals surface area contributed by atoms with Crippen LogP contribution in [0, 0.1) is 5.92 Å². The Morgan fingerprint density at radius 2 is 1.89 bits per heavy atom. The number of anilines is 1. The van der Waals surface area contributed by atoms with Gasteiger partial charge in [-0.25, -0.2) is 8.42 Å². The number of sulfonamides is 1. The molecular weight excluding hydrogens is 384 g/mol. The quantitative estimate of drug-likeness (QED) is 0.817. The van der Waals surface area contributed by atoms with Gasteiger partial charge in [-0.2, -0.15) is 4.31 Å². The molecule has 0 aliphatic carbocycles. The largest absolute Gasteiger partial charge is 0.326 e. The van der Waals surface area contributed by atoms with Gasteiger partial charge in [0.15, 0.2) is 0 Å². The zero-order valence-corrected chi connectivity index (χ0v) is 16.8. The summed E-state index contributed by atoms with van der Waals surface area (Å²) < 4.78 is 27.2. The Labute approximate surface area is 165 Å². The summed E-state index contributed by atoms with van der Waals surface area (Å²) in [6.07, 6.45) is 2.14. The second kappa shape index (κ2) is 8.42. The summed E-state index contributed by atoms with van der Waals surface area (Å²) in [7, 11) is -3.64. The molecule has 5 nitrogen and oxygen atoms in total. The Balaban J connectivity index is 1.73. The Morgan fingerprint density at radius 3 is 2.59 bits per heavy atom. The average Bonchev–Trinajstić information content (AvgIpc) is 2.69. The van der Waals surface area contributed by atoms with Crippen molar-refractivity contribution in [3.05, 3.63) is 59.1 Å². The van der Waals surface area contributed by atoms with Crippen LogP contribution in [-0.2, 0) is 21.2 Å². The van der Waals surface area contributed by atoms with Crippen molar-refractivity contribution in [3.8, 4) is 0 Å². The number of hydrogen-bond acceptors (Lipinski definition) is 3. The Hall–Kier alpha value is -1.89. The molecule has 1 saturated heterocycles. The van der Waals surface area contributed by atoms with Crippen molar-refractivity contribution in [2.75, 3.05) is 18.4 Å². The molecule has 0 saturated carbocycles. The average molecular weight is 407 g/mol. The Bertz CT molecular complexity index is 913. The normalized spacial score (nSPS) is 18.2. The van der Waals surface area contributed by atoms with E-state index in [1.165, 1.54) is 16.4 Å². The monoisotopic (exact) mass is 406 g/mol. The lowest BCUT2D eigenvalue weighted by Crippen LogP contribution is -2.43. The van der Waals surface area contributed by atoms with Crippen LogP contribution < -0.4 is 5.32 Å². The molecule has 2 aromatic rings. The molecule has 0 aromatic heterocycles. The number of nitrogens with zero attached hydrogens (tertiary/aromatic N) is 1. The predicted molar refractivity (Wildman–Crippen MR) is 107 cm³/mol. The van der Waals surface area contributed by atoms with Gasteiger partial charge >= 0.3 is 0 Å². The van der Waals surface area contributed by atoms with Crippen LogP contribution in [0.25, 0.3) is 0 Å². The number of rotatable bonds is 5. The third kappa shape index (κ3) is 4.51. The van der Waals surface area contributed by atoms with Crippen molar-refractivity contribution in [2.24, 2.45) is 5.92 Å². The fourth-order valence-corrected chi connectivity index (χ4v) is 4.97. The van der Waals surface area contributed by atoms with Gasteiger partial charge in [-0.05, 0) is 55.2 Å². The number of benzene rings is 2. The molecule has 1 heterocycles. The van der Waals surface area contributed by atoms with Crippen molar-refractivity contribution in [2.45, 2.75) is 31.1 Å². The number of aryl methyl sites for hydroxylation is 1. The van der Waals surface area contributed by atoms with Gasteiger partial charge in [0.05, 0.1) is 10.8 Å². The fraction of sp³-hybridized carbons (Fsp3) is 0.350. The van der Waals surface area contributed by atoms with Crippen LogP contribution in [0.15, 0.2) is 53.4 Å². The molecule has 3 rings (SSSR count). The second-order valence-electron chi connectivity index (χ2n) is 6.66. The van der Waals surface area contributed by atoms with E-state index in [0.717, 1.165) is 17.7 Å². The smallest absolute Gasteiger partial charge is 0.243 e. The van der Waals surface area contributed by atoms with Crippen LogP contribution in [0.3, 0.4) is 0 Å². The van der Waals surface area contributed by atoms with Gasteiger partial charge in [-0.15, -0.1) is 0 Å². The van der Waals surface area contributed by atoms with Crippen LogP contribution in [0.5, 0.6) is 0 Å². The molecule has 1 aliphatic heterocycles. The van der Waals surface area contributed by atoms with Crippen molar-refractivity contribution >= 4 is 33.2 Å². The first-order valence-electron chi connectivity index (χ1n) is 9.06. The van der Waals surface area contributed by atoms with Gasteiger partial charge < -0.3 is 5.32 Å². The molecule has 1 N–H and O–H groups in total. The van der Waals surface area contributed by atoms with Crippen molar-refractivity contribution in [3.63, 3.8) is 0 Å². The number of carbonyl (C=O) groups is 1. The minimum atomic E-state index is -3.64. The highest BCUT2D eigenvalue weighted by Gasteiger charge is 2.33. The van der Waals surface area contributed by atoms with E-state index in [4.69, 9.17) is 11.6 Å². The highest BCUT2D eigenvalue weighted by molar-refractivity contribution is 7.89. The van der Waals surface area contributed by atoms with E-state index in [1.807, 2.05) is 31.2 Å². The Morgan fingerprint density at radius 1 is 1.19 bits per heavy atom. The first-order valence-corrected chi connectivity index (χ1v) is 10.9. The summed E-state index contributed by atoms with van der Waals surface area (Å²) in [5, 5.41) is 3.46. The van der Waals surface area contributed by atoms with Crippen molar-refractivity contribution in [1.29, 1.82) is 0 Å². The second-order valence-corrected chi connectivity index (χ2v) is 9.03. The number of amides is 1. The van der Waals surface area contributed by atoms with Gasteiger partial charge in [0.2, 0.25) is 15.9 Å². The maximum absolute atomic E-state index is 12.9. The Kier molecular flexibility index (Phi) is 6.19. The minimum absolute atomic E-state index is 0.132. The SMILES string of the molecule is CCc1ccccc1NC(=O)[C@H]1CCCN(S(=O)(=O)c2ccc(Cl)cc2)C1. The van der Waals surface area contributed by atoms with Gasteiger partial charge in [0.25, 0.3) is 0 Å². The number of nitrogens with one attached hydrogen (secondary N) is 1. The van der Waals surface area contributed by atoms with Crippen molar-refractivity contribution in [1.82, 2.24) is 4.31 Å². The number of halogens is 1. The highest BCUT2D eigenvalue weighted by atomic mass is 35.5. The molecule has 1 amide bonds. The molecule has 2 aromatic carbocycles. The number of hydrogen-bond donors (Lipinski definition) is 1. The summed E-state index contributed by atoms with van der Waals surface area (Å²) in [5.74, 6) is -0.502. The highest BCUT2D eigenvalue weighted by Crippen LogP contribution is 2.26. The van der Waals surface area contributed by atoms with E-state index in [2.05, 4.69) is 5.32 Å². The van der Waals surface area contributed by atoms with E-state index >= 15 is 0 Å². The zero-order chi connectivity index (χ0) is 19.4. The maximum Gasteiger partial charge on any atom is 0.243 e. The lowest BCUT2D eigenvalue weighted by molar-refractivity contribution is -0.120. The molecule has 0 unspecified atom stereocenters. The summed E-state index contributed by atoms with van der Waals surface area (Å²) in [6.45, 7) is 2.64. The molecule has 27 heavy (non-hydrogen) atoms. The van der Waals surface area contributed by atoms with Gasteiger partial charge in [0, 0.05) is 23.8 Å². The maximum atomic E-state index is 12.9. The van der Waals surface area contributed by atoms with Gasteiger partial charge in [-0.3, -0.25) is 4.79 Å². The molecule has 0 radical (unpaired) electrons. The van der Waals surface area contributed by atoms with E-state index in [-0.39, 0.29) is 23.3 Å². The fourth-order valence-electron chi connectivity index (χ4n) is 3.32. The topological polar surface area (TPSA) is 66.5 Å². The third-order valence-corrected chi connectivity index (χ3v) is 6.99. The number of carbonyl (C=O) groups excluding carboxylic acids is 1. The summed E-state index contributed by atoms with van der Waals surface area (Å²) in [5.41, 5.74) is 1.86. The third-order valence-electron chi connectivity index (χ3n) is 4.86. The molecule has 1 fully saturated rings. The minimum Gasteiger partial charge on any atom is -0.326 e. The van der Waals surface area contributed by atoms with E-state index < -0.39 is 10.0 Å². The lowest BCUT2D eigenvalue weighted by Gasteiger charge is -2.31. The van der Waals surface area contributed by atoms with Crippen LogP contribution in [0.1, 0.15) is 25.3 Å². The standard InChI is InChI=1S/C20H23ClN2O3S/c1-2-15-6-3-4-8-19(15)22-20(24)16-7-5-13-23(14-16)27(25,26)18-11-9-17(21)10-12-18/h3-4,6,8-12,16H,2,5,7,13-14H2,1H3,(H,22,24)/t16-/m0/s1. The molecule has 1 aliphatic rings. The van der Waals surface area contributed by atoms with Crippen LogP contribution >= 0.6 is 11.6 Å². The zero-order valence-electron chi connectivity index (χ0n) is 15.2. The van der Waals surface area contributed by atoms with Gasteiger partial charge in [0.1, 0.15) is 0 Å².